The molecule has 5 aromatic rings. The number of aryl methyl sites for hydroxylation is 2. The van der Waals surface area contributed by atoms with Crippen LogP contribution in [0.3, 0.4) is 0 Å². The zero-order chi connectivity index (χ0) is 23.1. The van der Waals surface area contributed by atoms with Crippen LogP contribution in [0.15, 0.2) is 59.1 Å². The van der Waals surface area contributed by atoms with Gasteiger partial charge in [0.05, 0.1) is 34.2 Å². The minimum atomic E-state index is -0.205. The van der Waals surface area contributed by atoms with Gasteiger partial charge in [0.15, 0.2) is 10.8 Å². The first kappa shape index (κ1) is 20.9. The molecule has 0 unspecified atom stereocenters. The van der Waals surface area contributed by atoms with Crippen LogP contribution >= 0.6 is 11.8 Å². The Hall–Kier alpha value is -3.99. The summed E-state index contributed by atoms with van der Waals surface area (Å²) in [6.07, 6.45) is 3.25. The van der Waals surface area contributed by atoms with Gasteiger partial charge in [-0.3, -0.25) is 23.2 Å². The molecule has 11 heteroatoms. The summed E-state index contributed by atoms with van der Waals surface area (Å²) in [6, 6.07) is 9.13. The highest BCUT2D eigenvalue weighted by Gasteiger charge is 2.17. The van der Waals surface area contributed by atoms with E-state index >= 15 is 0 Å². The summed E-state index contributed by atoms with van der Waals surface area (Å²) >= 11 is 1.24. The van der Waals surface area contributed by atoms with Crippen molar-refractivity contribution in [3.05, 3.63) is 65.2 Å². The van der Waals surface area contributed by atoms with Crippen molar-refractivity contribution < 1.29 is 4.79 Å². The van der Waals surface area contributed by atoms with Crippen molar-refractivity contribution in [2.45, 2.75) is 18.6 Å². The molecular weight excluding hydrogens is 440 g/mol. The first-order valence-electron chi connectivity index (χ1n) is 10.2. The van der Waals surface area contributed by atoms with E-state index in [0.29, 0.717) is 34.1 Å². The van der Waals surface area contributed by atoms with E-state index in [0.717, 1.165) is 16.7 Å². The molecule has 33 heavy (non-hydrogen) atoms. The average molecular weight is 461 g/mol. The molecule has 0 bridgehead atoms. The van der Waals surface area contributed by atoms with Gasteiger partial charge >= 0.3 is 0 Å². The number of nitrogens with one attached hydrogen (secondary N) is 1. The lowest BCUT2D eigenvalue weighted by Gasteiger charge is -2.09. The Labute approximate surface area is 191 Å². The number of fused-ring (bicyclic) bond motifs is 4. The molecule has 0 saturated heterocycles. The molecule has 0 atom stereocenters. The van der Waals surface area contributed by atoms with E-state index in [9.17, 15) is 9.59 Å². The van der Waals surface area contributed by atoms with Gasteiger partial charge in [0.25, 0.3) is 5.56 Å². The summed E-state index contributed by atoms with van der Waals surface area (Å²) in [5.74, 6) is 0.311. The number of anilines is 1. The third kappa shape index (κ3) is 3.55. The standard InChI is InChI=1S/C22H20N8O2S/c1-4-9-29-20(32)15-7-5-6-8-17(15)30-21(29)25-26-22(30)33-12-18(31)24-14-10-16-13(2)27-28(3)19(16)23-11-14/h4-8,10-11H,1,9,12H2,2-3H3,(H,24,31). The molecular formula is C22H20N8O2S. The van der Waals surface area contributed by atoms with Crippen LogP contribution in [0.25, 0.3) is 27.7 Å². The number of nitrogens with zero attached hydrogens (tertiary/aromatic N) is 7. The maximum atomic E-state index is 12.9. The van der Waals surface area contributed by atoms with Crippen molar-refractivity contribution >= 4 is 51.1 Å². The zero-order valence-electron chi connectivity index (χ0n) is 18.0. The lowest BCUT2D eigenvalue weighted by Crippen LogP contribution is -2.22. The molecule has 4 heterocycles. The summed E-state index contributed by atoms with van der Waals surface area (Å²) in [6.45, 7) is 5.94. The lowest BCUT2D eigenvalue weighted by atomic mass is 10.2. The van der Waals surface area contributed by atoms with E-state index in [-0.39, 0.29) is 17.2 Å². The topological polar surface area (TPSA) is 112 Å². The van der Waals surface area contributed by atoms with Crippen molar-refractivity contribution in [2.24, 2.45) is 7.05 Å². The second-order valence-electron chi connectivity index (χ2n) is 7.48. The summed E-state index contributed by atoms with van der Waals surface area (Å²) in [7, 11) is 1.83. The Kier molecular flexibility index (Phi) is 5.17. The second-order valence-corrected chi connectivity index (χ2v) is 8.42. The number of para-hydroxylation sites is 1. The van der Waals surface area contributed by atoms with Crippen molar-refractivity contribution in [3.8, 4) is 0 Å². The third-order valence-corrected chi connectivity index (χ3v) is 6.20. The monoisotopic (exact) mass is 460 g/mol. The molecule has 0 saturated carbocycles. The van der Waals surface area contributed by atoms with Crippen LogP contribution in [0.4, 0.5) is 5.69 Å². The van der Waals surface area contributed by atoms with E-state index in [4.69, 9.17) is 0 Å². The van der Waals surface area contributed by atoms with E-state index in [1.165, 1.54) is 16.3 Å². The largest absolute Gasteiger partial charge is 0.324 e. The highest BCUT2D eigenvalue weighted by atomic mass is 32.2. The molecule has 1 aromatic carbocycles. The van der Waals surface area contributed by atoms with Crippen LogP contribution in [-0.4, -0.2) is 45.6 Å². The molecule has 5 rings (SSSR count). The normalized spacial score (nSPS) is 11.5. The summed E-state index contributed by atoms with van der Waals surface area (Å²) in [4.78, 5) is 29.9. The molecule has 0 aliphatic rings. The molecule has 4 aromatic heterocycles. The Morgan fingerprint density at radius 1 is 1.24 bits per heavy atom. The maximum absolute atomic E-state index is 12.9. The third-order valence-electron chi connectivity index (χ3n) is 5.27. The van der Waals surface area contributed by atoms with Gasteiger partial charge in [-0.2, -0.15) is 5.10 Å². The van der Waals surface area contributed by atoms with Gasteiger partial charge < -0.3 is 5.32 Å². The van der Waals surface area contributed by atoms with E-state index in [2.05, 4.69) is 32.2 Å². The van der Waals surface area contributed by atoms with Crippen LogP contribution in [-0.2, 0) is 18.4 Å². The number of pyridine rings is 1. The number of carbonyl (C=O) groups excluding carboxylic acids is 1. The van der Waals surface area contributed by atoms with Gasteiger partial charge in [-0.25, -0.2) is 4.98 Å². The Balaban J connectivity index is 1.43. The van der Waals surface area contributed by atoms with E-state index < -0.39 is 0 Å². The smallest absolute Gasteiger partial charge is 0.263 e. The summed E-state index contributed by atoms with van der Waals surface area (Å²) in [5.41, 5.74) is 2.73. The summed E-state index contributed by atoms with van der Waals surface area (Å²) in [5, 5.41) is 17.6. The van der Waals surface area contributed by atoms with Gasteiger partial charge in [-0.15, -0.1) is 16.8 Å². The van der Waals surface area contributed by atoms with Gasteiger partial charge in [0, 0.05) is 19.0 Å². The molecule has 0 aliphatic heterocycles. The van der Waals surface area contributed by atoms with Gasteiger partial charge in [0.2, 0.25) is 11.7 Å². The van der Waals surface area contributed by atoms with Crippen LogP contribution in [0.5, 0.6) is 0 Å². The molecule has 0 aliphatic carbocycles. The molecule has 0 spiro atoms. The van der Waals surface area contributed by atoms with Crippen LogP contribution < -0.4 is 10.9 Å². The van der Waals surface area contributed by atoms with Crippen molar-refractivity contribution in [1.29, 1.82) is 0 Å². The number of hydrogen-bond donors (Lipinski definition) is 1. The van der Waals surface area contributed by atoms with Crippen LogP contribution in [0, 0.1) is 6.92 Å². The molecule has 166 valence electrons. The first-order chi connectivity index (χ1) is 16.0. The van der Waals surface area contributed by atoms with Crippen LogP contribution in [0.2, 0.25) is 0 Å². The molecule has 1 amide bonds. The SMILES string of the molecule is C=CCn1c(=O)c2ccccc2n2c(SCC(=O)Nc3cnc4c(c3)c(C)nn4C)nnc12. The zero-order valence-corrected chi connectivity index (χ0v) is 18.8. The molecule has 10 nitrogen and oxygen atoms in total. The lowest BCUT2D eigenvalue weighted by molar-refractivity contribution is -0.113. The van der Waals surface area contributed by atoms with Crippen LogP contribution in [0.1, 0.15) is 5.69 Å². The molecule has 0 fully saturated rings. The predicted octanol–water partition coefficient (Wildman–Crippen LogP) is 2.55. The van der Waals surface area contributed by atoms with Crippen molar-refractivity contribution in [2.75, 3.05) is 11.1 Å². The van der Waals surface area contributed by atoms with Crippen molar-refractivity contribution in [3.63, 3.8) is 0 Å². The predicted molar refractivity (Wildman–Crippen MR) is 128 cm³/mol. The number of aromatic nitrogens is 7. The highest BCUT2D eigenvalue weighted by molar-refractivity contribution is 7.99. The number of amides is 1. The second kappa shape index (κ2) is 8.17. The summed E-state index contributed by atoms with van der Waals surface area (Å²) < 4.78 is 5.02. The molecule has 0 radical (unpaired) electrons. The number of allylic oxidation sites excluding steroid dienone is 1. The van der Waals surface area contributed by atoms with Gasteiger partial charge in [-0.1, -0.05) is 30.0 Å². The fourth-order valence-electron chi connectivity index (χ4n) is 3.82. The number of carbonyl (C=O) groups is 1. The Morgan fingerprint density at radius 2 is 2.06 bits per heavy atom. The quantitative estimate of drug-likeness (QED) is 0.306. The van der Waals surface area contributed by atoms with Gasteiger partial charge in [-0.05, 0) is 25.1 Å². The van der Waals surface area contributed by atoms with E-state index in [1.807, 2.05) is 38.2 Å². The Morgan fingerprint density at radius 3 is 2.88 bits per heavy atom. The van der Waals surface area contributed by atoms with Gasteiger partial charge in [0.1, 0.15) is 0 Å². The Bertz CT molecular complexity index is 1610. The fourth-order valence-corrected chi connectivity index (χ4v) is 4.56. The number of thioether (sulfide) groups is 1. The maximum Gasteiger partial charge on any atom is 0.263 e. The van der Waals surface area contributed by atoms with E-state index in [1.54, 1.807) is 27.4 Å². The number of benzene rings is 1. The minimum Gasteiger partial charge on any atom is -0.324 e. The number of hydrogen-bond acceptors (Lipinski definition) is 7. The minimum absolute atomic E-state index is 0.111. The average Bonchev–Trinajstić information content (AvgIpc) is 3.36. The highest BCUT2D eigenvalue weighted by Crippen LogP contribution is 2.23. The first-order valence-corrected chi connectivity index (χ1v) is 11.2. The molecule has 1 N–H and O–H groups in total. The number of rotatable bonds is 6. The fraction of sp³-hybridized carbons (Fsp3) is 0.182. The van der Waals surface area contributed by atoms with Crippen molar-refractivity contribution in [1.82, 2.24) is 33.9 Å².